The Morgan fingerprint density at radius 2 is 1.69 bits per heavy atom. The van der Waals surface area contributed by atoms with Crippen LogP contribution in [0.4, 0.5) is 0 Å². The molecule has 1 aromatic heterocycles. The fourth-order valence-corrected chi connectivity index (χ4v) is 5.81. The summed E-state index contributed by atoms with van der Waals surface area (Å²) < 4.78 is 0. The Balaban J connectivity index is 1.45. The summed E-state index contributed by atoms with van der Waals surface area (Å²) in [5, 5.41) is 30.6. The number of aromatic hydroxyl groups is 1. The molecular formula is C31H43N7O7. The fourth-order valence-electron chi connectivity index (χ4n) is 5.81. The predicted octanol–water partition coefficient (Wildman–Crippen LogP) is 0.229. The summed E-state index contributed by atoms with van der Waals surface area (Å²) >= 11 is 0. The van der Waals surface area contributed by atoms with Crippen molar-refractivity contribution in [2.24, 2.45) is 5.92 Å². The molecule has 0 radical (unpaired) electrons. The molecule has 4 amide bonds. The topological polar surface area (TPSA) is 206 Å². The second kappa shape index (κ2) is 15.5. The number of phenolic OH excluding ortho intramolecular Hbond substituents is 1. The van der Waals surface area contributed by atoms with E-state index >= 15 is 0 Å². The molecule has 2 aliphatic heterocycles. The number of amides is 4. The number of phenols is 1. The van der Waals surface area contributed by atoms with Gasteiger partial charge in [-0.3, -0.25) is 19.2 Å². The van der Waals surface area contributed by atoms with Crippen LogP contribution in [0.15, 0.2) is 36.8 Å². The van der Waals surface area contributed by atoms with Crippen molar-refractivity contribution in [1.82, 2.24) is 36.1 Å². The molecule has 3 heterocycles. The predicted molar refractivity (Wildman–Crippen MR) is 163 cm³/mol. The standard InChI is InChI=1S/C31H43N7O7/c1-18(2)13-23(28(41)37-25(31(44)45)14-19-7-9-21(39)10-8-19)35-29(42)26-6-4-12-38(26)30(43)24(15-20-16-32-17-34-20)36-27(40)22-5-3-11-33-22/h7-10,16-18,22-26,33,39H,3-6,11-15H2,1-2H3,(H,32,34)(H,35,42)(H,36,40)(H,37,41)(H,44,45)/t22-,23-,24-,25-,26-/m0/s1. The largest absolute Gasteiger partial charge is 0.508 e. The van der Waals surface area contributed by atoms with Gasteiger partial charge in [-0.2, -0.15) is 0 Å². The number of aromatic nitrogens is 2. The van der Waals surface area contributed by atoms with Crippen molar-refractivity contribution < 1.29 is 34.2 Å². The lowest BCUT2D eigenvalue weighted by Gasteiger charge is -2.30. The quantitative estimate of drug-likeness (QED) is 0.153. The molecular weight excluding hydrogens is 582 g/mol. The molecule has 0 spiro atoms. The van der Waals surface area contributed by atoms with Crippen molar-refractivity contribution in [3.63, 3.8) is 0 Å². The van der Waals surface area contributed by atoms with Crippen LogP contribution < -0.4 is 21.3 Å². The molecule has 0 bridgehead atoms. The number of imidazole rings is 1. The summed E-state index contributed by atoms with van der Waals surface area (Å²) in [7, 11) is 0. The Labute approximate surface area is 261 Å². The van der Waals surface area contributed by atoms with Crippen LogP contribution in [0.5, 0.6) is 5.75 Å². The van der Waals surface area contributed by atoms with Crippen LogP contribution in [-0.4, -0.2) is 98.0 Å². The number of carboxylic acids is 1. The molecule has 1 aromatic carbocycles. The van der Waals surface area contributed by atoms with Crippen molar-refractivity contribution >= 4 is 29.6 Å². The maximum absolute atomic E-state index is 13.9. The zero-order valence-corrected chi connectivity index (χ0v) is 25.6. The molecule has 2 saturated heterocycles. The molecule has 14 nitrogen and oxygen atoms in total. The van der Waals surface area contributed by atoms with Gasteiger partial charge in [-0.1, -0.05) is 26.0 Å². The summed E-state index contributed by atoms with van der Waals surface area (Å²) in [6, 6.07) is 1.53. The number of hydrogen-bond donors (Lipinski definition) is 7. The van der Waals surface area contributed by atoms with Crippen LogP contribution in [0, 0.1) is 5.92 Å². The zero-order chi connectivity index (χ0) is 32.5. The van der Waals surface area contributed by atoms with Crippen LogP contribution in [0.2, 0.25) is 0 Å². The van der Waals surface area contributed by atoms with Gasteiger partial charge in [-0.25, -0.2) is 9.78 Å². The average molecular weight is 626 g/mol. The molecule has 4 rings (SSSR count). The van der Waals surface area contributed by atoms with Gasteiger partial charge < -0.3 is 41.4 Å². The highest BCUT2D eigenvalue weighted by Crippen LogP contribution is 2.21. The number of carbonyl (C=O) groups excluding carboxylic acids is 4. The zero-order valence-electron chi connectivity index (χ0n) is 25.6. The summed E-state index contributed by atoms with van der Waals surface area (Å²) in [6.45, 7) is 4.79. The molecule has 7 N–H and O–H groups in total. The lowest BCUT2D eigenvalue weighted by molar-refractivity contribution is -0.143. The number of aromatic amines is 1. The summed E-state index contributed by atoms with van der Waals surface area (Å²) in [5.74, 6) is -3.06. The number of aliphatic carboxylic acids is 1. The van der Waals surface area contributed by atoms with Crippen molar-refractivity contribution in [1.29, 1.82) is 0 Å². The molecule has 14 heteroatoms. The number of nitrogens with zero attached hydrogens (tertiary/aromatic N) is 2. The number of carbonyl (C=O) groups is 5. The maximum Gasteiger partial charge on any atom is 0.326 e. The minimum Gasteiger partial charge on any atom is -0.508 e. The number of carboxylic acid groups (broad SMARTS) is 1. The van der Waals surface area contributed by atoms with Gasteiger partial charge in [0.05, 0.1) is 12.4 Å². The van der Waals surface area contributed by atoms with Gasteiger partial charge in [0.15, 0.2) is 0 Å². The molecule has 244 valence electrons. The first kappa shape index (κ1) is 33.4. The Morgan fingerprint density at radius 1 is 0.956 bits per heavy atom. The van der Waals surface area contributed by atoms with Crippen LogP contribution in [-0.2, 0) is 36.8 Å². The van der Waals surface area contributed by atoms with E-state index in [1.807, 2.05) is 13.8 Å². The van der Waals surface area contributed by atoms with E-state index in [9.17, 15) is 34.2 Å². The van der Waals surface area contributed by atoms with Gasteiger partial charge in [-0.05, 0) is 62.3 Å². The summed E-state index contributed by atoms with van der Waals surface area (Å²) in [4.78, 5) is 74.2. The second-order valence-corrected chi connectivity index (χ2v) is 12.1. The van der Waals surface area contributed by atoms with E-state index in [4.69, 9.17) is 0 Å². The number of likely N-dealkylation sites (tertiary alicyclic amines) is 1. The van der Waals surface area contributed by atoms with E-state index < -0.39 is 53.9 Å². The highest BCUT2D eigenvalue weighted by molar-refractivity contribution is 5.96. The highest BCUT2D eigenvalue weighted by atomic mass is 16.4. The summed E-state index contributed by atoms with van der Waals surface area (Å²) in [5.41, 5.74) is 1.26. The molecule has 2 fully saturated rings. The van der Waals surface area contributed by atoms with Crippen molar-refractivity contribution in [2.45, 2.75) is 89.0 Å². The third kappa shape index (κ3) is 9.27. The van der Waals surface area contributed by atoms with Crippen molar-refractivity contribution in [2.75, 3.05) is 13.1 Å². The average Bonchev–Trinajstić information content (AvgIpc) is 3.80. The minimum atomic E-state index is -1.26. The van der Waals surface area contributed by atoms with Crippen LogP contribution in [0.3, 0.4) is 0 Å². The number of benzene rings is 1. The first-order chi connectivity index (χ1) is 21.5. The van der Waals surface area contributed by atoms with Crippen molar-refractivity contribution in [3.05, 3.63) is 48.0 Å². The molecule has 0 unspecified atom stereocenters. The third-order valence-electron chi connectivity index (χ3n) is 8.14. The van der Waals surface area contributed by atoms with E-state index in [1.165, 1.54) is 23.4 Å². The Hall–Kier alpha value is -4.46. The minimum absolute atomic E-state index is 0.0130. The fraction of sp³-hybridized carbons (Fsp3) is 0.548. The normalized spacial score (nSPS) is 19.9. The number of H-pyrrole nitrogens is 1. The highest BCUT2D eigenvalue weighted by Gasteiger charge is 2.40. The maximum atomic E-state index is 13.9. The van der Waals surface area contributed by atoms with Crippen molar-refractivity contribution in [3.8, 4) is 5.75 Å². The van der Waals surface area contributed by atoms with Gasteiger partial charge in [0, 0.05) is 31.3 Å². The SMILES string of the molecule is CC(C)C[C@H](NC(=O)[C@@H]1CCCN1C(=O)[C@H](Cc1cnc[nH]1)NC(=O)[C@@H]1CCCN1)C(=O)N[C@@H](Cc1ccc(O)cc1)C(=O)O. The van der Waals surface area contributed by atoms with Gasteiger partial charge in [0.25, 0.3) is 0 Å². The van der Waals surface area contributed by atoms with E-state index in [2.05, 4.69) is 31.2 Å². The van der Waals surface area contributed by atoms with Gasteiger partial charge in [-0.15, -0.1) is 0 Å². The lowest BCUT2D eigenvalue weighted by atomic mass is 10.0. The Bertz CT molecular complexity index is 1330. The number of hydrogen-bond acceptors (Lipinski definition) is 8. The monoisotopic (exact) mass is 625 g/mol. The van der Waals surface area contributed by atoms with E-state index in [0.29, 0.717) is 37.1 Å². The number of nitrogens with one attached hydrogen (secondary N) is 5. The molecule has 5 atom stereocenters. The smallest absolute Gasteiger partial charge is 0.326 e. The molecule has 2 aromatic rings. The summed E-state index contributed by atoms with van der Waals surface area (Å²) in [6.07, 6.45) is 5.93. The van der Waals surface area contributed by atoms with E-state index in [1.54, 1.807) is 18.3 Å². The Kier molecular flexibility index (Phi) is 11.5. The molecule has 0 aliphatic carbocycles. The molecule has 2 aliphatic rings. The second-order valence-electron chi connectivity index (χ2n) is 12.1. The molecule has 45 heavy (non-hydrogen) atoms. The molecule has 0 saturated carbocycles. The van der Waals surface area contributed by atoms with Crippen LogP contribution in [0.1, 0.15) is 57.2 Å². The van der Waals surface area contributed by atoms with Gasteiger partial charge in [0.1, 0.15) is 29.9 Å². The van der Waals surface area contributed by atoms with Gasteiger partial charge in [0.2, 0.25) is 23.6 Å². The first-order valence-electron chi connectivity index (χ1n) is 15.4. The van der Waals surface area contributed by atoms with Gasteiger partial charge >= 0.3 is 5.97 Å². The van der Waals surface area contributed by atoms with E-state index in [0.717, 1.165) is 13.0 Å². The first-order valence-corrected chi connectivity index (χ1v) is 15.4. The van der Waals surface area contributed by atoms with E-state index in [-0.39, 0.29) is 36.8 Å². The number of rotatable bonds is 14. The third-order valence-corrected chi connectivity index (χ3v) is 8.14. The Morgan fingerprint density at radius 3 is 2.31 bits per heavy atom. The van der Waals surface area contributed by atoms with Crippen LogP contribution >= 0.6 is 0 Å². The van der Waals surface area contributed by atoms with Crippen LogP contribution in [0.25, 0.3) is 0 Å². The lowest BCUT2D eigenvalue weighted by Crippen LogP contribution is -2.58.